The first-order chi connectivity index (χ1) is 17.4. The molecule has 1 heterocycles. The molecule has 4 aromatic carbocycles. The summed E-state index contributed by atoms with van der Waals surface area (Å²) in [5, 5.41) is 5.17. The molecule has 5 nitrogen and oxygen atoms in total. The number of H-pyrrole nitrogens is 1. The lowest BCUT2D eigenvalue weighted by molar-refractivity contribution is 0.0952. The molecule has 1 aromatic heterocycles. The number of carbonyl (C=O) groups is 2. The highest BCUT2D eigenvalue weighted by atomic mass is 79.9. The predicted molar refractivity (Wildman–Crippen MR) is 151 cm³/mol. The number of nitrogens with two attached hydrogens (primary N) is 1. The minimum Gasteiger partial charge on any atom is -0.385 e. The second-order valence-electron chi connectivity index (χ2n) is 8.33. The maximum Gasteiger partial charge on any atom is 0.255 e. The number of fused-ring (bicyclic) bond motifs is 1. The highest BCUT2D eigenvalue weighted by Gasteiger charge is 2.27. The molecule has 5 aromatic rings. The van der Waals surface area contributed by atoms with Crippen molar-refractivity contribution < 1.29 is 9.59 Å². The summed E-state index contributed by atoms with van der Waals surface area (Å²) in [6.07, 6.45) is 0. The summed E-state index contributed by atoms with van der Waals surface area (Å²) in [6.45, 7) is 0.320. The van der Waals surface area contributed by atoms with E-state index >= 15 is 0 Å². The molecule has 0 spiro atoms. The van der Waals surface area contributed by atoms with E-state index in [9.17, 15) is 9.59 Å². The Kier molecular flexibility index (Phi) is 6.76. The lowest BCUT2D eigenvalue weighted by Gasteiger charge is -2.11. The van der Waals surface area contributed by atoms with Crippen molar-refractivity contribution in [2.75, 3.05) is 5.73 Å². The van der Waals surface area contributed by atoms with Crippen LogP contribution in [-0.2, 0) is 6.54 Å². The number of nitrogens with one attached hydrogen (secondary N) is 2. The molecular formula is C29H21Br2N3O2. The molecule has 0 saturated carbocycles. The molecule has 0 saturated heterocycles. The lowest BCUT2D eigenvalue weighted by Crippen LogP contribution is -2.24. The van der Waals surface area contributed by atoms with Crippen LogP contribution in [0.4, 0.5) is 5.82 Å². The van der Waals surface area contributed by atoms with Crippen LogP contribution in [0.5, 0.6) is 0 Å². The van der Waals surface area contributed by atoms with Crippen molar-refractivity contribution in [3.8, 4) is 11.1 Å². The van der Waals surface area contributed by atoms with Crippen LogP contribution < -0.4 is 11.1 Å². The summed E-state index contributed by atoms with van der Waals surface area (Å²) in [6, 6.07) is 28.5. The standard InChI is InChI=1S/C29H21Br2N3O2/c30-21-12-8-18(9-13-21)24-25(28(32)34-26(24)27(35)19-10-14-22(31)15-11-19)29(36)33-16-20-6-3-5-17-4-1-2-7-23(17)20/h1-15,34H,16,32H2,(H,33,36). The monoisotopic (exact) mass is 601 g/mol. The molecule has 4 N–H and O–H groups in total. The van der Waals surface area contributed by atoms with Crippen LogP contribution >= 0.6 is 31.9 Å². The van der Waals surface area contributed by atoms with E-state index in [4.69, 9.17) is 5.73 Å². The molecule has 0 unspecified atom stereocenters. The molecule has 5 rings (SSSR count). The van der Waals surface area contributed by atoms with Gasteiger partial charge in [-0.2, -0.15) is 0 Å². The Bertz CT molecular complexity index is 1580. The zero-order valence-corrected chi connectivity index (χ0v) is 22.2. The number of nitrogen functional groups attached to an aromatic ring is 1. The summed E-state index contributed by atoms with van der Waals surface area (Å²) in [7, 11) is 0. The molecule has 7 heteroatoms. The van der Waals surface area contributed by atoms with Gasteiger partial charge in [-0.05, 0) is 58.3 Å². The van der Waals surface area contributed by atoms with Crippen LogP contribution in [0.25, 0.3) is 21.9 Å². The zero-order valence-electron chi connectivity index (χ0n) is 19.0. The van der Waals surface area contributed by atoms with E-state index in [0.29, 0.717) is 23.2 Å². The van der Waals surface area contributed by atoms with Crippen LogP contribution in [0.1, 0.15) is 32.0 Å². The molecule has 0 radical (unpaired) electrons. The normalized spacial score (nSPS) is 10.9. The van der Waals surface area contributed by atoms with Crippen LogP contribution in [0.3, 0.4) is 0 Å². The number of benzene rings is 4. The number of aromatic amines is 1. The van der Waals surface area contributed by atoms with Crippen LogP contribution in [0.2, 0.25) is 0 Å². The molecular weight excluding hydrogens is 582 g/mol. The Morgan fingerprint density at radius 1 is 0.806 bits per heavy atom. The number of anilines is 1. The third-order valence-electron chi connectivity index (χ3n) is 6.04. The van der Waals surface area contributed by atoms with Crippen LogP contribution in [0.15, 0.2) is 99.9 Å². The summed E-state index contributed by atoms with van der Waals surface area (Å²) >= 11 is 6.85. The summed E-state index contributed by atoms with van der Waals surface area (Å²) < 4.78 is 1.75. The quantitative estimate of drug-likeness (QED) is 0.181. The number of carbonyl (C=O) groups excluding carboxylic acids is 2. The van der Waals surface area contributed by atoms with Crippen molar-refractivity contribution in [1.82, 2.24) is 10.3 Å². The average Bonchev–Trinajstić information content (AvgIpc) is 3.24. The number of halogens is 2. The topological polar surface area (TPSA) is 88.0 Å². The number of hydrogen-bond acceptors (Lipinski definition) is 3. The Morgan fingerprint density at radius 3 is 2.17 bits per heavy atom. The first-order valence-corrected chi connectivity index (χ1v) is 12.8. The first kappa shape index (κ1) is 24.0. The van der Waals surface area contributed by atoms with E-state index in [1.165, 1.54) is 0 Å². The van der Waals surface area contributed by atoms with Crippen molar-refractivity contribution >= 4 is 60.1 Å². The summed E-state index contributed by atoms with van der Waals surface area (Å²) in [5.74, 6) is -0.464. The van der Waals surface area contributed by atoms with Gasteiger partial charge in [-0.15, -0.1) is 0 Å². The number of ketones is 1. The summed E-state index contributed by atoms with van der Waals surface area (Å²) in [5.41, 5.74) is 9.51. The van der Waals surface area contributed by atoms with Crippen molar-refractivity contribution in [3.05, 3.63) is 122 Å². The van der Waals surface area contributed by atoms with E-state index in [1.807, 2.05) is 66.7 Å². The molecule has 0 aliphatic carbocycles. The van der Waals surface area contributed by atoms with Gasteiger partial charge in [-0.25, -0.2) is 0 Å². The van der Waals surface area contributed by atoms with Gasteiger partial charge in [-0.3, -0.25) is 9.59 Å². The largest absolute Gasteiger partial charge is 0.385 e. The fourth-order valence-corrected chi connectivity index (χ4v) is 4.82. The molecule has 178 valence electrons. The molecule has 0 aliphatic rings. The van der Waals surface area contributed by atoms with Gasteiger partial charge >= 0.3 is 0 Å². The minimum absolute atomic E-state index is 0.142. The maximum atomic E-state index is 13.5. The van der Waals surface area contributed by atoms with E-state index in [-0.39, 0.29) is 28.8 Å². The fourth-order valence-electron chi connectivity index (χ4n) is 4.29. The van der Waals surface area contributed by atoms with Gasteiger partial charge in [0.05, 0.1) is 11.3 Å². The highest BCUT2D eigenvalue weighted by Crippen LogP contribution is 2.34. The fraction of sp³-hybridized carbons (Fsp3) is 0.0345. The smallest absolute Gasteiger partial charge is 0.255 e. The van der Waals surface area contributed by atoms with E-state index in [1.54, 1.807) is 24.3 Å². The van der Waals surface area contributed by atoms with Crippen LogP contribution in [0, 0.1) is 0 Å². The highest BCUT2D eigenvalue weighted by molar-refractivity contribution is 9.10. The van der Waals surface area contributed by atoms with Gasteiger partial charge in [-0.1, -0.05) is 86.5 Å². The predicted octanol–water partition coefficient (Wildman–Crippen LogP) is 7.10. The van der Waals surface area contributed by atoms with Gasteiger partial charge in [0.2, 0.25) is 5.78 Å². The number of aromatic nitrogens is 1. The lowest BCUT2D eigenvalue weighted by atomic mass is 9.96. The SMILES string of the molecule is Nc1[nH]c(C(=O)c2ccc(Br)cc2)c(-c2ccc(Br)cc2)c1C(=O)NCc1cccc2ccccc12. The van der Waals surface area contributed by atoms with E-state index in [0.717, 1.165) is 25.3 Å². The Morgan fingerprint density at radius 2 is 1.44 bits per heavy atom. The van der Waals surface area contributed by atoms with Gasteiger partial charge in [0.15, 0.2) is 0 Å². The van der Waals surface area contributed by atoms with Gasteiger partial charge in [0, 0.05) is 26.6 Å². The number of amides is 1. The first-order valence-electron chi connectivity index (χ1n) is 11.2. The third kappa shape index (κ3) is 4.72. The maximum absolute atomic E-state index is 13.5. The Balaban J connectivity index is 1.54. The molecule has 0 bridgehead atoms. The van der Waals surface area contributed by atoms with Gasteiger partial charge in [0.25, 0.3) is 5.91 Å². The Hall–Kier alpha value is -3.68. The van der Waals surface area contributed by atoms with Crippen molar-refractivity contribution in [1.29, 1.82) is 0 Å². The molecule has 0 fully saturated rings. The van der Waals surface area contributed by atoms with Crippen molar-refractivity contribution in [3.63, 3.8) is 0 Å². The molecule has 36 heavy (non-hydrogen) atoms. The van der Waals surface area contributed by atoms with E-state index in [2.05, 4.69) is 42.2 Å². The molecule has 1 amide bonds. The molecule has 0 atom stereocenters. The number of rotatable bonds is 6. The number of hydrogen-bond donors (Lipinski definition) is 3. The Labute approximate surface area is 225 Å². The van der Waals surface area contributed by atoms with Crippen molar-refractivity contribution in [2.24, 2.45) is 0 Å². The van der Waals surface area contributed by atoms with Crippen molar-refractivity contribution in [2.45, 2.75) is 6.54 Å². The summed E-state index contributed by atoms with van der Waals surface area (Å²) in [4.78, 5) is 30.0. The minimum atomic E-state index is -0.357. The zero-order chi connectivity index (χ0) is 25.2. The van der Waals surface area contributed by atoms with Crippen LogP contribution in [-0.4, -0.2) is 16.7 Å². The van der Waals surface area contributed by atoms with Gasteiger partial charge < -0.3 is 16.0 Å². The van der Waals surface area contributed by atoms with Gasteiger partial charge in [0.1, 0.15) is 5.82 Å². The second-order valence-corrected chi connectivity index (χ2v) is 10.2. The third-order valence-corrected chi connectivity index (χ3v) is 7.10. The average molecular weight is 603 g/mol. The second kappa shape index (κ2) is 10.1. The van der Waals surface area contributed by atoms with E-state index < -0.39 is 0 Å². The molecule has 0 aliphatic heterocycles.